The third kappa shape index (κ3) is 3.62. The van der Waals surface area contributed by atoms with Gasteiger partial charge >= 0.3 is 5.97 Å². The predicted octanol–water partition coefficient (Wildman–Crippen LogP) is 0.623. The first-order chi connectivity index (χ1) is 10.0. The monoisotopic (exact) mass is 296 g/mol. The molecular weight excluding hydrogens is 276 g/mol. The molecule has 1 aliphatic rings. The number of carbonyl (C=O) groups is 2. The molecule has 1 unspecified atom stereocenters. The molecular formula is C14H20N2O5. The van der Waals surface area contributed by atoms with Crippen LogP contribution in [0.5, 0.6) is 0 Å². The molecule has 116 valence electrons. The molecule has 1 aliphatic heterocycles. The number of aromatic carboxylic acids is 1. The Morgan fingerprint density at radius 3 is 2.90 bits per heavy atom. The molecule has 0 aromatic carbocycles. The minimum absolute atomic E-state index is 0.0724. The fourth-order valence-corrected chi connectivity index (χ4v) is 2.36. The number of likely N-dealkylation sites (N-methyl/N-ethyl adjacent to an activating group) is 1. The lowest BCUT2D eigenvalue weighted by Crippen LogP contribution is -2.53. The summed E-state index contributed by atoms with van der Waals surface area (Å²) in [6.45, 7) is 6.14. The van der Waals surface area contributed by atoms with E-state index in [1.807, 2.05) is 11.8 Å². The van der Waals surface area contributed by atoms with E-state index in [9.17, 15) is 9.59 Å². The van der Waals surface area contributed by atoms with Crippen LogP contribution in [0.1, 0.15) is 28.8 Å². The van der Waals surface area contributed by atoms with E-state index in [-0.39, 0.29) is 17.7 Å². The van der Waals surface area contributed by atoms with E-state index in [0.29, 0.717) is 38.6 Å². The number of nitrogens with one attached hydrogen (secondary N) is 1. The molecule has 1 amide bonds. The number of aryl methyl sites for hydroxylation is 1. The topological polar surface area (TPSA) is 92.0 Å². The van der Waals surface area contributed by atoms with Gasteiger partial charge < -0.3 is 19.6 Å². The maximum atomic E-state index is 12.0. The summed E-state index contributed by atoms with van der Waals surface area (Å²) < 4.78 is 10.6. The zero-order chi connectivity index (χ0) is 15.4. The van der Waals surface area contributed by atoms with E-state index in [4.69, 9.17) is 14.3 Å². The van der Waals surface area contributed by atoms with Gasteiger partial charge in [0, 0.05) is 25.2 Å². The zero-order valence-electron chi connectivity index (χ0n) is 12.2. The highest BCUT2D eigenvalue weighted by atomic mass is 16.5. The third-order valence-electron chi connectivity index (χ3n) is 3.50. The van der Waals surface area contributed by atoms with Crippen molar-refractivity contribution >= 4 is 11.9 Å². The van der Waals surface area contributed by atoms with Crippen molar-refractivity contribution in [2.75, 3.05) is 26.3 Å². The standard InChI is InChI=1S/C14H20N2O5/c1-3-15-13(17)11-8-20-5-4-16(11)7-10-6-12(14(18)19)21-9(10)2/h6,11H,3-5,7-8H2,1-2H3,(H,15,17)(H,18,19). The third-order valence-corrected chi connectivity index (χ3v) is 3.50. The van der Waals surface area contributed by atoms with Crippen LogP contribution in [0.25, 0.3) is 0 Å². The summed E-state index contributed by atoms with van der Waals surface area (Å²) >= 11 is 0. The van der Waals surface area contributed by atoms with Gasteiger partial charge in [-0.2, -0.15) is 0 Å². The van der Waals surface area contributed by atoms with Crippen LogP contribution in [0.2, 0.25) is 0 Å². The number of morpholine rings is 1. The summed E-state index contributed by atoms with van der Waals surface area (Å²) in [5, 5.41) is 11.7. The SMILES string of the molecule is CCNC(=O)C1COCCN1Cc1cc(C(=O)O)oc1C. The molecule has 1 atom stereocenters. The van der Waals surface area contributed by atoms with Crippen molar-refractivity contribution in [3.63, 3.8) is 0 Å². The lowest BCUT2D eigenvalue weighted by Gasteiger charge is -2.34. The van der Waals surface area contributed by atoms with Gasteiger partial charge in [-0.3, -0.25) is 9.69 Å². The van der Waals surface area contributed by atoms with Crippen LogP contribution in [-0.2, 0) is 16.1 Å². The Balaban J connectivity index is 2.12. The number of carboxylic acids is 1. The van der Waals surface area contributed by atoms with E-state index in [2.05, 4.69) is 5.32 Å². The molecule has 2 heterocycles. The Labute approximate surface area is 122 Å². The summed E-state index contributed by atoms with van der Waals surface area (Å²) in [4.78, 5) is 25.0. The van der Waals surface area contributed by atoms with Gasteiger partial charge in [0.1, 0.15) is 11.8 Å². The molecule has 1 aromatic heterocycles. The molecule has 0 saturated carbocycles. The van der Waals surface area contributed by atoms with Gasteiger partial charge in [0.05, 0.1) is 13.2 Å². The maximum Gasteiger partial charge on any atom is 0.371 e. The number of hydrogen-bond acceptors (Lipinski definition) is 5. The normalized spacial score (nSPS) is 19.4. The fraction of sp³-hybridized carbons (Fsp3) is 0.571. The van der Waals surface area contributed by atoms with Crippen molar-refractivity contribution in [2.45, 2.75) is 26.4 Å². The van der Waals surface area contributed by atoms with Gasteiger partial charge in [-0.1, -0.05) is 0 Å². The average molecular weight is 296 g/mol. The minimum atomic E-state index is -1.09. The fourth-order valence-electron chi connectivity index (χ4n) is 2.36. The van der Waals surface area contributed by atoms with Gasteiger partial charge in [0.2, 0.25) is 11.7 Å². The van der Waals surface area contributed by atoms with Crippen LogP contribution in [-0.4, -0.2) is 54.2 Å². The molecule has 0 spiro atoms. The number of carbonyl (C=O) groups excluding carboxylic acids is 1. The number of rotatable bonds is 5. The van der Waals surface area contributed by atoms with Gasteiger partial charge in [-0.25, -0.2) is 4.79 Å². The van der Waals surface area contributed by atoms with Crippen molar-refractivity contribution in [2.24, 2.45) is 0 Å². The Kier molecular flexibility index (Phi) is 4.98. The van der Waals surface area contributed by atoms with Gasteiger partial charge in [-0.15, -0.1) is 0 Å². The molecule has 7 nitrogen and oxygen atoms in total. The molecule has 7 heteroatoms. The van der Waals surface area contributed by atoms with Crippen LogP contribution in [0.15, 0.2) is 10.5 Å². The molecule has 0 radical (unpaired) electrons. The number of carboxylic acid groups (broad SMARTS) is 1. The first-order valence-electron chi connectivity index (χ1n) is 6.95. The summed E-state index contributed by atoms with van der Waals surface area (Å²) in [5.74, 6) is -0.678. The van der Waals surface area contributed by atoms with Crippen molar-refractivity contribution in [1.82, 2.24) is 10.2 Å². The molecule has 0 aliphatic carbocycles. The van der Waals surface area contributed by atoms with E-state index in [1.54, 1.807) is 6.92 Å². The number of nitrogens with zero attached hydrogens (tertiary/aromatic N) is 1. The quantitative estimate of drug-likeness (QED) is 0.827. The lowest BCUT2D eigenvalue weighted by molar-refractivity contribution is -0.132. The Bertz CT molecular complexity index is 525. The number of amides is 1. The predicted molar refractivity (Wildman–Crippen MR) is 74.1 cm³/mol. The molecule has 21 heavy (non-hydrogen) atoms. The summed E-state index contributed by atoms with van der Waals surface area (Å²) in [6, 6.07) is 1.16. The summed E-state index contributed by atoms with van der Waals surface area (Å²) in [5.41, 5.74) is 0.781. The highest BCUT2D eigenvalue weighted by molar-refractivity contribution is 5.84. The van der Waals surface area contributed by atoms with Crippen molar-refractivity contribution in [3.8, 4) is 0 Å². The zero-order valence-corrected chi connectivity index (χ0v) is 12.2. The molecule has 2 N–H and O–H groups in total. The van der Waals surface area contributed by atoms with Gasteiger partial charge in [-0.05, 0) is 19.9 Å². The first-order valence-corrected chi connectivity index (χ1v) is 6.95. The second kappa shape index (κ2) is 6.73. The van der Waals surface area contributed by atoms with Gasteiger partial charge in [0.15, 0.2) is 0 Å². The van der Waals surface area contributed by atoms with Crippen molar-refractivity contribution in [3.05, 3.63) is 23.2 Å². The van der Waals surface area contributed by atoms with E-state index in [1.165, 1.54) is 6.07 Å². The summed E-state index contributed by atoms with van der Waals surface area (Å²) in [7, 11) is 0. The van der Waals surface area contributed by atoms with E-state index >= 15 is 0 Å². The lowest BCUT2D eigenvalue weighted by atomic mass is 10.1. The Morgan fingerprint density at radius 1 is 1.52 bits per heavy atom. The average Bonchev–Trinajstić information content (AvgIpc) is 2.81. The smallest absolute Gasteiger partial charge is 0.371 e. The second-order valence-corrected chi connectivity index (χ2v) is 4.95. The largest absolute Gasteiger partial charge is 0.475 e. The van der Waals surface area contributed by atoms with Crippen LogP contribution in [0.4, 0.5) is 0 Å². The maximum absolute atomic E-state index is 12.0. The van der Waals surface area contributed by atoms with Crippen LogP contribution in [0.3, 0.4) is 0 Å². The Hall–Kier alpha value is -1.86. The van der Waals surface area contributed by atoms with E-state index in [0.717, 1.165) is 5.56 Å². The van der Waals surface area contributed by atoms with E-state index < -0.39 is 5.97 Å². The van der Waals surface area contributed by atoms with Gasteiger partial charge in [0.25, 0.3) is 0 Å². The van der Waals surface area contributed by atoms with Crippen molar-refractivity contribution < 1.29 is 23.8 Å². The van der Waals surface area contributed by atoms with Crippen LogP contribution in [0, 0.1) is 6.92 Å². The number of hydrogen-bond donors (Lipinski definition) is 2. The first kappa shape index (κ1) is 15.5. The molecule has 1 fully saturated rings. The summed E-state index contributed by atoms with van der Waals surface area (Å²) in [6.07, 6.45) is 0. The molecule has 0 bridgehead atoms. The number of furan rings is 1. The minimum Gasteiger partial charge on any atom is -0.475 e. The molecule has 1 aromatic rings. The highest BCUT2D eigenvalue weighted by Gasteiger charge is 2.30. The molecule has 2 rings (SSSR count). The Morgan fingerprint density at radius 2 is 2.29 bits per heavy atom. The van der Waals surface area contributed by atoms with Crippen LogP contribution < -0.4 is 5.32 Å². The molecule has 1 saturated heterocycles. The number of ether oxygens (including phenoxy) is 1. The second-order valence-electron chi connectivity index (χ2n) is 4.95. The highest BCUT2D eigenvalue weighted by Crippen LogP contribution is 2.19. The van der Waals surface area contributed by atoms with Crippen molar-refractivity contribution in [1.29, 1.82) is 0 Å². The van der Waals surface area contributed by atoms with Crippen LogP contribution >= 0.6 is 0 Å².